The summed E-state index contributed by atoms with van der Waals surface area (Å²) in [6.45, 7) is 5.39. The van der Waals surface area contributed by atoms with Crippen LogP contribution in [0, 0.1) is 5.92 Å². The SMILES string of the molecule is CCCc1ncc(-c2cccc(NCC3CCC(CCC)(c4nc(C5CC5)no4)CC3)c2)o1. The van der Waals surface area contributed by atoms with Crippen molar-refractivity contribution in [2.75, 3.05) is 11.9 Å². The highest BCUT2D eigenvalue weighted by atomic mass is 16.5. The summed E-state index contributed by atoms with van der Waals surface area (Å²) in [6, 6.07) is 8.47. The number of anilines is 1. The van der Waals surface area contributed by atoms with E-state index >= 15 is 0 Å². The number of nitrogens with zero attached hydrogens (tertiary/aromatic N) is 3. The predicted molar refractivity (Wildman–Crippen MR) is 129 cm³/mol. The van der Waals surface area contributed by atoms with Gasteiger partial charge in [-0.3, -0.25) is 0 Å². The Labute approximate surface area is 196 Å². The molecule has 2 aromatic heterocycles. The largest absolute Gasteiger partial charge is 0.441 e. The molecule has 0 amide bonds. The highest BCUT2D eigenvalue weighted by Crippen LogP contribution is 2.46. The lowest BCUT2D eigenvalue weighted by Gasteiger charge is -2.37. The monoisotopic (exact) mass is 448 g/mol. The molecule has 33 heavy (non-hydrogen) atoms. The zero-order valence-electron chi connectivity index (χ0n) is 20.0. The van der Waals surface area contributed by atoms with Crippen LogP contribution in [0.15, 0.2) is 39.4 Å². The minimum absolute atomic E-state index is 0.0772. The molecule has 1 aromatic carbocycles. The van der Waals surface area contributed by atoms with E-state index in [-0.39, 0.29) is 5.41 Å². The Balaban J connectivity index is 1.18. The molecule has 2 aliphatic carbocycles. The molecule has 2 heterocycles. The molecule has 2 fully saturated rings. The first-order chi connectivity index (χ1) is 16.2. The summed E-state index contributed by atoms with van der Waals surface area (Å²) < 4.78 is 11.7. The van der Waals surface area contributed by atoms with Crippen LogP contribution in [0.5, 0.6) is 0 Å². The van der Waals surface area contributed by atoms with Gasteiger partial charge in [0.15, 0.2) is 17.5 Å². The maximum absolute atomic E-state index is 5.91. The van der Waals surface area contributed by atoms with Crippen molar-refractivity contribution in [1.82, 2.24) is 15.1 Å². The molecule has 5 rings (SSSR count). The second-order valence-electron chi connectivity index (χ2n) is 10.0. The number of rotatable bonds is 10. The van der Waals surface area contributed by atoms with Crippen molar-refractivity contribution < 1.29 is 8.94 Å². The van der Waals surface area contributed by atoms with Crippen LogP contribution in [0.25, 0.3) is 11.3 Å². The molecule has 3 aromatic rings. The molecule has 0 atom stereocenters. The van der Waals surface area contributed by atoms with Gasteiger partial charge in [0.05, 0.1) is 6.20 Å². The van der Waals surface area contributed by atoms with Crippen molar-refractivity contribution in [2.45, 2.75) is 89.4 Å². The van der Waals surface area contributed by atoms with Crippen molar-refractivity contribution in [3.8, 4) is 11.3 Å². The van der Waals surface area contributed by atoms with Gasteiger partial charge in [-0.2, -0.15) is 4.98 Å². The van der Waals surface area contributed by atoms with Crippen molar-refractivity contribution in [1.29, 1.82) is 0 Å². The summed E-state index contributed by atoms with van der Waals surface area (Å²) in [6.07, 6.45) is 13.1. The molecule has 6 nitrogen and oxygen atoms in total. The minimum Gasteiger partial charge on any atom is -0.441 e. The van der Waals surface area contributed by atoms with E-state index in [4.69, 9.17) is 13.9 Å². The van der Waals surface area contributed by atoms with Crippen LogP contribution in [-0.2, 0) is 11.8 Å². The number of aromatic nitrogens is 3. The van der Waals surface area contributed by atoms with Crippen LogP contribution in [0.2, 0.25) is 0 Å². The van der Waals surface area contributed by atoms with Crippen LogP contribution < -0.4 is 5.32 Å². The van der Waals surface area contributed by atoms with Crippen LogP contribution in [0.3, 0.4) is 0 Å². The smallest absolute Gasteiger partial charge is 0.232 e. The van der Waals surface area contributed by atoms with Crippen molar-refractivity contribution in [3.63, 3.8) is 0 Å². The second kappa shape index (κ2) is 9.70. The maximum Gasteiger partial charge on any atom is 0.232 e. The average Bonchev–Trinajstić information content (AvgIpc) is 3.37. The number of hydrogen-bond acceptors (Lipinski definition) is 6. The lowest BCUT2D eigenvalue weighted by Crippen LogP contribution is -2.34. The Kier molecular flexibility index (Phi) is 6.52. The normalized spacial score (nSPS) is 23.0. The van der Waals surface area contributed by atoms with Gasteiger partial charge in [0, 0.05) is 35.5 Å². The number of nitrogens with one attached hydrogen (secondary N) is 1. The van der Waals surface area contributed by atoms with E-state index in [1.807, 2.05) is 6.20 Å². The molecule has 0 bridgehead atoms. The summed E-state index contributed by atoms with van der Waals surface area (Å²) >= 11 is 0. The van der Waals surface area contributed by atoms with E-state index in [0.717, 1.165) is 79.7 Å². The van der Waals surface area contributed by atoms with Gasteiger partial charge < -0.3 is 14.3 Å². The Hall–Kier alpha value is -2.63. The maximum atomic E-state index is 5.91. The summed E-state index contributed by atoms with van der Waals surface area (Å²) in [7, 11) is 0. The summed E-state index contributed by atoms with van der Waals surface area (Å²) in [5, 5.41) is 7.98. The van der Waals surface area contributed by atoms with E-state index in [0.29, 0.717) is 11.8 Å². The van der Waals surface area contributed by atoms with Crippen molar-refractivity contribution >= 4 is 5.69 Å². The first kappa shape index (κ1) is 22.2. The third kappa shape index (κ3) is 4.99. The van der Waals surface area contributed by atoms with E-state index in [1.54, 1.807) is 0 Å². The Morgan fingerprint density at radius 2 is 1.94 bits per heavy atom. The predicted octanol–water partition coefficient (Wildman–Crippen LogP) is 6.89. The molecule has 176 valence electrons. The Morgan fingerprint density at radius 3 is 2.70 bits per heavy atom. The molecule has 0 spiro atoms. The molecule has 1 N–H and O–H groups in total. The third-order valence-corrected chi connectivity index (χ3v) is 7.39. The number of aryl methyl sites for hydroxylation is 1. The van der Waals surface area contributed by atoms with Crippen molar-refractivity contribution in [2.24, 2.45) is 5.92 Å². The standard InChI is InChI=1S/C27H36N4O2/c1-3-6-24-29-18-23(32-24)21-7-5-8-22(16-21)28-17-19-11-14-27(13-4-2,15-12-19)26-30-25(31-33-26)20-9-10-20/h5,7-8,16,18-20,28H,3-4,6,9-15,17H2,1-2H3. The fourth-order valence-electron chi connectivity index (χ4n) is 5.26. The molecule has 2 aliphatic rings. The third-order valence-electron chi connectivity index (χ3n) is 7.39. The summed E-state index contributed by atoms with van der Waals surface area (Å²) in [5.74, 6) is 4.71. The van der Waals surface area contributed by atoms with E-state index in [9.17, 15) is 0 Å². The van der Waals surface area contributed by atoms with Gasteiger partial charge in [0.25, 0.3) is 0 Å². The molecular formula is C27H36N4O2. The minimum atomic E-state index is 0.0772. The van der Waals surface area contributed by atoms with Gasteiger partial charge in [-0.15, -0.1) is 0 Å². The second-order valence-corrected chi connectivity index (χ2v) is 10.0. The van der Waals surface area contributed by atoms with Gasteiger partial charge in [-0.1, -0.05) is 37.6 Å². The van der Waals surface area contributed by atoms with Crippen molar-refractivity contribution in [3.05, 3.63) is 48.1 Å². The zero-order valence-corrected chi connectivity index (χ0v) is 20.0. The van der Waals surface area contributed by atoms with E-state index in [1.165, 1.54) is 25.7 Å². The number of benzene rings is 1. The Morgan fingerprint density at radius 1 is 1.09 bits per heavy atom. The fraction of sp³-hybridized carbons (Fsp3) is 0.593. The lowest BCUT2D eigenvalue weighted by atomic mass is 9.68. The summed E-state index contributed by atoms with van der Waals surface area (Å²) in [4.78, 5) is 9.24. The number of oxazole rings is 1. The summed E-state index contributed by atoms with van der Waals surface area (Å²) in [5.41, 5.74) is 2.29. The highest BCUT2D eigenvalue weighted by molar-refractivity contribution is 5.63. The van der Waals surface area contributed by atoms with Gasteiger partial charge in [-0.25, -0.2) is 4.98 Å². The van der Waals surface area contributed by atoms with Gasteiger partial charge in [-0.05, 0) is 69.4 Å². The van der Waals surface area contributed by atoms with Crippen LogP contribution in [0.1, 0.15) is 95.2 Å². The molecule has 2 saturated carbocycles. The van der Waals surface area contributed by atoms with Gasteiger partial charge in [0.1, 0.15) is 0 Å². The van der Waals surface area contributed by atoms with Crippen LogP contribution in [-0.4, -0.2) is 21.7 Å². The van der Waals surface area contributed by atoms with Gasteiger partial charge >= 0.3 is 0 Å². The van der Waals surface area contributed by atoms with E-state index < -0.39 is 0 Å². The van der Waals surface area contributed by atoms with Crippen LogP contribution in [0.4, 0.5) is 5.69 Å². The van der Waals surface area contributed by atoms with Gasteiger partial charge in [0.2, 0.25) is 5.89 Å². The molecule has 0 radical (unpaired) electrons. The number of hydrogen-bond donors (Lipinski definition) is 1. The molecule has 6 heteroatoms. The first-order valence-corrected chi connectivity index (χ1v) is 12.8. The topological polar surface area (TPSA) is 77.0 Å². The molecule has 0 saturated heterocycles. The fourth-order valence-corrected chi connectivity index (χ4v) is 5.26. The van der Waals surface area contributed by atoms with Crippen LogP contribution >= 0.6 is 0 Å². The Bertz CT molecular complexity index is 1040. The zero-order chi connectivity index (χ0) is 22.7. The lowest BCUT2D eigenvalue weighted by molar-refractivity contribution is 0.170. The quantitative estimate of drug-likeness (QED) is 0.364. The molecule has 0 unspecified atom stereocenters. The highest BCUT2D eigenvalue weighted by Gasteiger charge is 2.41. The molecule has 0 aliphatic heterocycles. The van der Waals surface area contributed by atoms with E-state index in [2.05, 4.69) is 53.6 Å². The molecular weight excluding hydrogens is 412 g/mol. The average molecular weight is 449 g/mol. The first-order valence-electron chi connectivity index (χ1n) is 12.8.